The van der Waals surface area contributed by atoms with Gasteiger partial charge < -0.3 is 9.80 Å². The van der Waals surface area contributed by atoms with Gasteiger partial charge in [0.25, 0.3) is 0 Å². The van der Waals surface area contributed by atoms with Crippen LogP contribution in [0.4, 0.5) is 0 Å². The highest BCUT2D eigenvalue weighted by atomic mass is 79.9. The van der Waals surface area contributed by atoms with Gasteiger partial charge in [0.1, 0.15) is 6.54 Å². The molecule has 114 valence electrons. The van der Waals surface area contributed by atoms with Crippen LogP contribution < -0.4 is 4.90 Å². The minimum Gasteiger partial charge on any atom is -0.342 e. The van der Waals surface area contributed by atoms with Crippen LogP contribution >= 0.6 is 15.9 Å². The first-order chi connectivity index (χ1) is 10.2. The molecule has 1 unspecified atom stereocenters. The van der Waals surface area contributed by atoms with E-state index in [0.29, 0.717) is 5.91 Å². The summed E-state index contributed by atoms with van der Waals surface area (Å²) in [5.41, 5.74) is 1.35. The molecule has 1 aromatic carbocycles. The lowest BCUT2D eigenvalue weighted by atomic mass is 9.96. The third-order valence-electron chi connectivity index (χ3n) is 4.78. The van der Waals surface area contributed by atoms with Gasteiger partial charge in [-0.15, -0.1) is 0 Å². The standard InChI is InChI=1S/C17H23BrN2O/c18-16-8-2-1-6-14(16)12-19-9-5-7-15(13-19)17(21)20-10-3-4-11-20/h1-2,6,8,15H,3-5,7,9-13H2/p+1/t15-/m1/s1. The maximum atomic E-state index is 12.6. The molecule has 0 aromatic heterocycles. The summed E-state index contributed by atoms with van der Waals surface area (Å²) in [6.07, 6.45) is 4.62. The first kappa shape index (κ1) is 15.0. The van der Waals surface area contributed by atoms with Crippen molar-refractivity contribution in [1.82, 2.24) is 4.90 Å². The van der Waals surface area contributed by atoms with E-state index in [0.717, 1.165) is 32.6 Å². The van der Waals surface area contributed by atoms with E-state index < -0.39 is 0 Å². The second kappa shape index (κ2) is 6.93. The number of hydrogen-bond acceptors (Lipinski definition) is 1. The Morgan fingerprint density at radius 3 is 2.76 bits per heavy atom. The van der Waals surface area contributed by atoms with E-state index >= 15 is 0 Å². The lowest BCUT2D eigenvalue weighted by Gasteiger charge is -2.31. The van der Waals surface area contributed by atoms with Gasteiger partial charge in [-0.25, -0.2) is 0 Å². The summed E-state index contributed by atoms with van der Waals surface area (Å²) in [5.74, 6) is 0.658. The van der Waals surface area contributed by atoms with Gasteiger partial charge in [0.2, 0.25) is 5.91 Å². The molecule has 2 saturated heterocycles. The van der Waals surface area contributed by atoms with Gasteiger partial charge >= 0.3 is 0 Å². The predicted octanol–water partition coefficient (Wildman–Crippen LogP) is 1.87. The van der Waals surface area contributed by atoms with E-state index in [1.54, 1.807) is 4.90 Å². The molecule has 4 heteroatoms. The van der Waals surface area contributed by atoms with Gasteiger partial charge in [0.05, 0.1) is 19.0 Å². The zero-order chi connectivity index (χ0) is 14.7. The fourth-order valence-corrected chi connectivity index (χ4v) is 4.05. The number of hydrogen-bond donors (Lipinski definition) is 1. The molecule has 0 bridgehead atoms. The molecule has 2 atom stereocenters. The van der Waals surface area contributed by atoms with Crippen molar-refractivity contribution >= 4 is 21.8 Å². The molecule has 2 aliphatic rings. The smallest absolute Gasteiger partial charge is 0.231 e. The van der Waals surface area contributed by atoms with Crippen LogP contribution in [0.5, 0.6) is 0 Å². The van der Waals surface area contributed by atoms with E-state index in [1.807, 2.05) is 0 Å². The third-order valence-corrected chi connectivity index (χ3v) is 5.56. The zero-order valence-electron chi connectivity index (χ0n) is 12.5. The van der Waals surface area contributed by atoms with Gasteiger partial charge in [-0.2, -0.15) is 0 Å². The van der Waals surface area contributed by atoms with Crippen LogP contribution in [0.25, 0.3) is 0 Å². The molecule has 0 saturated carbocycles. The number of carbonyl (C=O) groups is 1. The number of quaternary nitrogens is 1. The normalized spacial score (nSPS) is 26.0. The van der Waals surface area contributed by atoms with Crippen LogP contribution in [-0.2, 0) is 11.3 Å². The Morgan fingerprint density at radius 1 is 1.24 bits per heavy atom. The SMILES string of the molecule is O=C([C@@H]1CCC[NH+](Cc2ccccc2Br)C1)N1CCCC1. The second-order valence-electron chi connectivity index (χ2n) is 6.34. The molecule has 3 rings (SSSR count). The minimum atomic E-state index is 0.245. The number of halogens is 1. The molecule has 21 heavy (non-hydrogen) atoms. The molecule has 0 spiro atoms. The Labute approximate surface area is 135 Å². The molecule has 1 N–H and O–H groups in total. The molecule has 0 aliphatic carbocycles. The van der Waals surface area contributed by atoms with Crippen molar-refractivity contribution in [3.05, 3.63) is 34.3 Å². The molecule has 2 fully saturated rings. The highest BCUT2D eigenvalue weighted by molar-refractivity contribution is 9.10. The van der Waals surface area contributed by atoms with Crippen molar-refractivity contribution in [1.29, 1.82) is 0 Å². The molecule has 0 radical (unpaired) electrons. The molecule has 2 heterocycles. The number of carbonyl (C=O) groups excluding carboxylic acids is 1. The number of benzene rings is 1. The van der Waals surface area contributed by atoms with Gasteiger partial charge in [-0.3, -0.25) is 4.79 Å². The predicted molar refractivity (Wildman–Crippen MR) is 87.1 cm³/mol. The van der Waals surface area contributed by atoms with Crippen molar-refractivity contribution in [3.63, 3.8) is 0 Å². The fourth-order valence-electron chi connectivity index (χ4n) is 3.63. The van der Waals surface area contributed by atoms with Crippen LogP contribution in [-0.4, -0.2) is 37.0 Å². The number of nitrogens with zero attached hydrogens (tertiary/aromatic N) is 1. The third kappa shape index (κ3) is 3.67. The number of piperidine rings is 1. The van der Waals surface area contributed by atoms with Gasteiger partial charge in [0, 0.05) is 23.1 Å². The van der Waals surface area contributed by atoms with Crippen molar-refractivity contribution in [2.75, 3.05) is 26.2 Å². The van der Waals surface area contributed by atoms with E-state index in [9.17, 15) is 4.79 Å². The van der Waals surface area contributed by atoms with Crippen molar-refractivity contribution in [2.45, 2.75) is 32.2 Å². The average Bonchev–Trinajstić information content (AvgIpc) is 3.03. The summed E-state index contributed by atoms with van der Waals surface area (Å²) in [6.45, 7) is 5.16. The first-order valence-electron chi connectivity index (χ1n) is 8.10. The number of nitrogens with one attached hydrogen (secondary N) is 1. The van der Waals surface area contributed by atoms with Gasteiger partial charge in [0.15, 0.2) is 0 Å². The summed E-state index contributed by atoms with van der Waals surface area (Å²) >= 11 is 3.63. The van der Waals surface area contributed by atoms with E-state index in [2.05, 4.69) is 45.1 Å². The summed E-state index contributed by atoms with van der Waals surface area (Å²) in [7, 11) is 0. The Balaban J connectivity index is 1.60. The topological polar surface area (TPSA) is 24.8 Å². The van der Waals surface area contributed by atoms with Crippen molar-refractivity contribution in [2.24, 2.45) is 5.92 Å². The number of amides is 1. The second-order valence-corrected chi connectivity index (χ2v) is 7.20. The van der Waals surface area contributed by atoms with E-state index in [1.165, 1.54) is 35.8 Å². The van der Waals surface area contributed by atoms with Gasteiger partial charge in [-0.05, 0) is 31.7 Å². The molecule has 3 nitrogen and oxygen atoms in total. The number of likely N-dealkylation sites (tertiary alicyclic amines) is 2. The van der Waals surface area contributed by atoms with Crippen LogP contribution in [0.1, 0.15) is 31.2 Å². The summed E-state index contributed by atoms with van der Waals surface area (Å²) < 4.78 is 1.19. The first-order valence-corrected chi connectivity index (χ1v) is 8.89. The maximum absolute atomic E-state index is 12.6. The Hall–Kier alpha value is -0.870. The number of rotatable bonds is 3. The highest BCUT2D eigenvalue weighted by Gasteiger charge is 2.32. The van der Waals surface area contributed by atoms with Crippen molar-refractivity contribution in [3.8, 4) is 0 Å². The molecular weight excluding hydrogens is 328 g/mol. The molecule has 1 amide bonds. The van der Waals surface area contributed by atoms with Crippen molar-refractivity contribution < 1.29 is 9.69 Å². The van der Waals surface area contributed by atoms with Crippen LogP contribution in [0.2, 0.25) is 0 Å². The lowest BCUT2D eigenvalue weighted by Crippen LogP contribution is -3.12. The Morgan fingerprint density at radius 2 is 2.00 bits per heavy atom. The average molecular weight is 352 g/mol. The van der Waals surface area contributed by atoms with Crippen LogP contribution in [0.15, 0.2) is 28.7 Å². The summed E-state index contributed by atoms with van der Waals surface area (Å²) in [4.78, 5) is 16.2. The Kier molecular flexibility index (Phi) is 4.96. The van der Waals surface area contributed by atoms with Gasteiger partial charge in [-0.1, -0.05) is 34.1 Å². The van der Waals surface area contributed by atoms with Crippen LogP contribution in [0, 0.1) is 5.92 Å². The molecule has 2 aliphatic heterocycles. The monoisotopic (exact) mass is 351 g/mol. The van der Waals surface area contributed by atoms with E-state index in [-0.39, 0.29) is 5.92 Å². The fraction of sp³-hybridized carbons (Fsp3) is 0.588. The quantitative estimate of drug-likeness (QED) is 0.883. The minimum absolute atomic E-state index is 0.245. The van der Waals surface area contributed by atoms with Crippen LogP contribution in [0.3, 0.4) is 0 Å². The molecular formula is C17H24BrN2O+. The largest absolute Gasteiger partial charge is 0.342 e. The van der Waals surface area contributed by atoms with E-state index in [4.69, 9.17) is 0 Å². The lowest BCUT2D eigenvalue weighted by molar-refractivity contribution is -0.921. The maximum Gasteiger partial charge on any atom is 0.231 e. The molecule has 1 aromatic rings. The summed E-state index contributed by atoms with van der Waals surface area (Å²) in [5, 5.41) is 0. The Bertz CT molecular complexity index is 499. The summed E-state index contributed by atoms with van der Waals surface area (Å²) in [6, 6.07) is 8.43. The highest BCUT2D eigenvalue weighted by Crippen LogP contribution is 2.18. The zero-order valence-corrected chi connectivity index (χ0v) is 14.1.